The first kappa shape index (κ1) is 12.0. The van der Waals surface area contributed by atoms with Crippen LogP contribution in [0.25, 0.3) is 0 Å². The zero-order valence-electron chi connectivity index (χ0n) is 6.43. The SMILES string of the molecule is O=C(O)c1cc(O)c(O)c(O)c1.[Tl]. The molecule has 0 saturated heterocycles. The third-order valence-electron chi connectivity index (χ3n) is 1.32. The van der Waals surface area contributed by atoms with Gasteiger partial charge in [-0.3, -0.25) is 0 Å². The minimum absolute atomic E-state index is 0. The smallest absolute Gasteiger partial charge is 0.335 e. The molecule has 6 heteroatoms. The van der Waals surface area contributed by atoms with Crippen molar-refractivity contribution >= 4 is 33.3 Å². The monoisotopic (exact) mass is 375 g/mol. The molecule has 0 saturated carbocycles. The van der Waals surface area contributed by atoms with Crippen LogP contribution in [-0.4, -0.2) is 53.7 Å². The maximum atomic E-state index is 10.3. The van der Waals surface area contributed by atoms with E-state index in [1.165, 1.54) is 0 Å². The Morgan fingerprint density at radius 2 is 1.46 bits per heavy atom. The second kappa shape index (κ2) is 4.31. The van der Waals surface area contributed by atoms with E-state index in [2.05, 4.69) is 0 Å². The van der Waals surface area contributed by atoms with Gasteiger partial charge in [-0.1, -0.05) is 0 Å². The average Bonchev–Trinajstić information content (AvgIpc) is 1.99. The molecule has 0 aliphatic rings. The van der Waals surface area contributed by atoms with E-state index in [9.17, 15) is 4.79 Å². The topological polar surface area (TPSA) is 98.0 Å². The van der Waals surface area contributed by atoms with Gasteiger partial charge in [-0.2, -0.15) is 0 Å². The molecule has 13 heavy (non-hydrogen) atoms. The van der Waals surface area contributed by atoms with Gasteiger partial charge in [0.05, 0.1) is 5.56 Å². The molecule has 0 bridgehead atoms. The fraction of sp³-hybridized carbons (Fsp3) is 0. The van der Waals surface area contributed by atoms with Crippen LogP contribution in [0.3, 0.4) is 0 Å². The molecule has 0 fully saturated rings. The molecule has 0 aromatic heterocycles. The van der Waals surface area contributed by atoms with E-state index >= 15 is 0 Å². The van der Waals surface area contributed by atoms with Gasteiger partial charge < -0.3 is 20.4 Å². The molecule has 0 spiro atoms. The number of carboxylic acid groups (broad SMARTS) is 1. The maximum Gasteiger partial charge on any atom is 0.335 e. The number of benzene rings is 1. The zero-order chi connectivity index (χ0) is 9.30. The van der Waals surface area contributed by atoms with E-state index in [-0.39, 0.29) is 32.9 Å². The molecule has 1 aromatic carbocycles. The van der Waals surface area contributed by atoms with Crippen molar-refractivity contribution in [3.63, 3.8) is 0 Å². The van der Waals surface area contributed by atoms with E-state index in [0.717, 1.165) is 12.1 Å². The fourth-order valence-corrected chi connectivity index (χ4v) is 0.728. The average molecular weight is 375 g/mol. The van der Waals surface area contributed by atoms with E-state index < -0.39 is 23.2 Å². The maximum absolute atomic E-state index is 10.3. The summed E-state index contributed by atoms with van der Waals surface area (Å²) in [6.07, 6.45) is 0. The number of carboxylic acids is 1. The van der Waals surface area contributed by atoms with Crippen LogP contribution in [0.2, 0.25) is 0 Å². The summed E-state index contributed by atoms with van der Waals surface area (Å²) in [7, 11) is 0. The van der Waals surface area contributed by atoms with E-state index in [1.54, 1.807) is 0 Å². The van der Waals surface area contributed by atoms with Gasteiger partial charge in [0.25, 0.3) is 0 Å². The minimum Gasteiger partial charge on any atom is -0.504 e. The van der Waals surface area contributed by atoms with Crippen LogP contribution in [-0.2, 0) is 0 Å². The summed E-state index contributed by atoms with van der Waals surface area (Å²) < 4.78 is 0. The Balaban J connectivity index is 0.00000144. The third-order valence-corrected chi connectivity index (χ3v) is 1.32. The molecule has 0 unspecified atom stereocenters. The molecule has 0 aliphatic heterocycles. The molecule has 67 valence electrons. The van der Waals surface area contributed by atoms with Crippen molar-refractivity contribution in [2.45, 2.75) is 0 Å². The van der Waals surface area contributed by atoms with Gasteiger partial charge in [-0.05, 0) is 12.1 Å². The van der Waals surface area contributed by atoms with E-state index in [0.29, 0.717) is 0 Å². The predicted molar refractivity (Wildman–Crippen MR) is 44.1 cm³/mol. The molecular formula is C7H6O5Tl. The second-order valence-corrected chi connectivity index (χ2v) is 2.17. The number of carbonyl (C=O) groups is 1. The van der Waals surface area contributed by atoms with Crippen LogP contribution in [0.15, 0.2) is 12.1 Å². The van der Waals surface area contributed by atoms with Crippen molar-refractivity contribution in [2.24, 2.45) is 0 Å². The summed E-state index contributed by atoms with van der Waals surface area (Å²) in [6, 6.07) is 1.69. The summed E-state index contributed by atoms with van der Waals surface area (Å²) >= 11 is 0. The summed E-state index contributed by atoms with van der Waals surface area (Å²) in [5.41, 5.74) is -0.289. The Morgan fingerprint density at radius 1 is 1.08 bits per heavy atom. The molecule has 0 amide bonds. The van der Waals surface area contributed by atoms with Crippen LogP contribution in [0.4, 0.5) is 0 Å². The van der Waals surface area contributed by atoms with Gasteiger partial charge >= 0.3 is 5.97 Å². The Labute approximate surface area is 93.4 Å². The van der Waals surface area contributed by atoms with Crippen molar-refractivity contribution in [2.75, 3.05) is 0 Å². The first-order valence-corrected chi connectivity index (χ1v) is 3.00. The standard InChI is InChI=1S/C7H6O5.Tl/c8-4-1-3(7(11)12)2-5(9)6(4)10;/h1-2,8-10H,(H,11,12);. The molecule has 1 aromatic rings. The van der Waals surface area contributed by atoms with Gasteiger partial charge in [0, 0.05) is 27.3 Å². The number of phenolic OH excluding ortho intramolecular Hbond substituents is 3. The summed E-state index contributed by atoms with van der Waals surface area (Å²) in [6.45, 7) is 0. The predicted octanol–water partition coefficient (Wildman–Crippen LogP) is 0.121. The number of aromatic carboxylic acids is 1. The van der Waals surface area contributed by atoms with Gasteiger partial charge in [0.2, 0.25) is 0 Å². The number of rotatable bonds is 1. The minimum atomic E-state index is -1.29. The Kier molecular flexibility index (Phi) is 3.98. The number of hydrogen-bond donors (Lipinski definition) is 4. The molecule has 1 radical (unpaired) electrons. The number of aromatic hydroxyl groups is 3. The molecule has 0 aliphatic carbocycles. The third kappa shape index (κ3) is 2.47. The second-order valence-electron chi connectivity index (χ2n) is 2.17. The fourth-order valence-electron chi connectivity index (χ4n) is 0.728. The van der Waals surface area contributed by atoms with Crippen LogP contribution in [0.1, 0.15) is 10.4 Å². The van der Waals surface area contributed by atoms with Gasteiger partial charge in [-0.25, -0.2) is 4.79 Å². The molecule has 0 atom stereocenters. The Bertz CT molecular complexity index is 313. The van der Waals surface area contributed by atoms with E-state index in [4.69, 9.17) is 20.4 Å². The first-order chi connectivity index (χ1) is 5.52. The summed E-state index contributed by atoms with van der Waals surface area (Å²) in [4.78, 5) is 10.3. The van der Waals surface area contributed by atoms with Crippen molar-refractivity contribution in [3.8, 4) is 17.2 Å². The first-order valence-electron chi connectivity index (χ1n) is 3.00. The quantitative estimate of drug-likeness (QED) is 0.414. The summed E-state index contributed by atoms with van der Waals surface area (Å²) in [5.74, 6) is -3.33. The molecular weight excluding hydrogens is 368 g/mol. The van der Waals surface area contributed by atoms with Crippen molar-refractivity contribution in [3.05, 3.63) is 17.7 Å². The van der Waals surface area contributed by atoms with Crippen LogP contribution >= 0.6 is 0 Å². The van der Waals surface area contributed by atoms with Crippen molar-refractivity contribution in [1.82, 2.24) is 0 Å². The van der Waals surface area contributed by atoms with Crippen LogP contribution in [0.5, 0.6) is 17.2 Å². The summed E-state index contributed by atoms with van der Waals surface area (Å²) in [5, 5.41) is 35.0. The van der Waals surface area contributed by atoms with E-state index in [1.807, 2.05) is 0 Å². The molecule has 1 rings (SSSR count). The van der Waals surface area contributed by atoms with Gasteiger partial charge in [0.15, 0.2) is 17.2 Å². The van der Waals surface area contributed by atoms with Crippen LogP contribution in [0, 0.1) is 0 Å². The van der Waals surface area contributed by atoms with Gasteiger partial charge in [0.1, 0.15) is 0 Å². The normalized spacial score (nSPS) is 8.92. The number of hydrogen-bond acceptors (Lipinski definition) is 4. The molecule has 0 heterocycles. The Morgan fingerprint density at radius 3 is 1.77 bits per heavy atom. The van der Waals surface area contributed by atoms with Gasteiger partial charge in [-0.15, -0.1) is 0 Å². The molecule has 5 nitrogen and oxygen atoms in total. The zero-order valence-corrected chi connectivity index (χ0v) is 10.9. The Hall–Kier alpha value is -0.988. The van der Waals surface area contributed by atoms with Crippen LogP contribution < -0.4 is 0 Å². The van der Waals surface area contributed by atoms with Crippen molar-refractivity contribution in [1.29, 1.82) is 0 Å². The van der Waals surface area contributed by atoms with Crippen molar-refractivity contribution < 1.29 is 25.2 Å². The number of phenols is 3. The molecule has 4 N–H and O–H groups in total. The largest absolute Gasteiger partial charge is 0.504 e.